The van der Waals surface area contributed by atoms with E-state index in [0.29, 0.717) is 17.8 Å². The van der Waals surface area contributed by atoms with Gasteiger partial charge in [-0.2, -0.15) is 0 Å². The van der Waals surface area contributed by atoms with E-state index < -0.39 is 11.8 Å². The number of halogens is 1. The molecule has 2 amide bonds. The maximum atomic E-state index is 11.7. The van der Waals surface area contributed by atoms with Gasteiger partial charge in [0.25, 0.3) is 11.8 Å². The van der Waals surface area contributed by atoms with Gasteiger partial charge < -0.3 is 4.74 Å². The fourth-order valence-corrected chi connectivity index (χ4v) is 1.58. The minimum atomic E-state index is -0.430. The standard InChI is InChI=1S/C15H13N3O3.ClH/c19-14-12-4-1-6-16-8-3-10-21-11-9-17-7-2-5-13(12)15(20)18-14;/h1-9,11H,10H2,(H,18,19,20);1H/b4-1+,5-2+,8-3-,11-9-,16-6+,17-7+;. The first-order chi connectivity index (χ1) is 10.3. The molecule has 0 saturated carbocycles. The first-order valence-electron chi connectivity index (χ1n) is 6.20. The SMILES string of the molecule is Cl.O=C1NC(=O)C2=C1/C=C/C=N/C=C\CO\C=C/N=C/C=C/2. The first kappa shape index (κ1) is 17.3. The van der Waals surface area contributed by atoms with Gasteiger partial charge in [0.05, 0.1) is 17.3 Å². The molecule has 0 aromatic heterocycles. The Morgan fingerprint density at radius 1 is 0.955 bits per heavy atom. The summed E-state index contributed by atoms with van der Waals surface area (Å²) in [6.45, 7) is 0.384. The van der Waals surface area contributed by atoms with Gasteiger partial charge in [0.2, 0.25) is 0 Å². The molecule has 0 atom stereocenters. The highest BCUT2D eigenvalue weighted by Crippen LogP contribution is 2.15. The third kappa shape index (κ3) is 4.99. The van der Waals surface area contributed by atoms with E-state index in [1.807, 2.05) is 0 Å². The van der Waals surface area contributed by atoms with E-state index in [0.717, 1.165) is 0 Å². The van der Waals surface area contributed by atoms with E-state index in [1.165, 1.54) is 37.0 Å². The second-order valence-electron chi connectivity index (χ2n) is 3.93. The van der Waals surface area contributed by atoms with Gasteiger partial charge in [-0.1, -0.05) is 0 Å². The van der Waals surface area contributed by atoms with Crippen LogP contribution in [-0.4, -0.2) is 30.9 Å². The van der Waals surface area contributed by atoms with E-state index >= 15 is 0 Å². The number of allylic oxidation sites excluding steroid dienone is 2. The van der Waals surface area contributed by atoms with Gasteiger partial charge in [-0.05, 0) is 30.4 Å². The van der Waals surface area contributed by atoms with Crippen LogP contribution in [0.3, 0.4) is 0 Å². The van der Waals surface area contributed by atoms with E-state index in [2.05, 4.69) is 15.3 Å². The number of hydrogen-bond donors (Lipinski definition) is 1. The highest BCUT2D eigenvalue weighted by molar-refractivity contribution is 6.22. The third-order valence-corrected chi connectivity index (χ3v) is 2.50. The number of amides is 2. The van der Waals surface area contributed by atoms with Crippen molar-refractivity contribution in [2.75, 3.05) is 6.61 Å². The molecule has 0 aromatic carbocycles. The van der Waals surface area contributed by atoms with Crippen molar-refractivity contribution < 1.29 is 14.3 Å². The van der Waals surface area contributed by atoms with Crippen LogP contribution >= 0.6 is 12.4 Å². The molecule has 0 aromatic rings. The molecule has 7 heteroatoms. The molecular weight excluding hydrogens is 306 g/mol. The highest BCUT2D eigenvalue weighted by Gasteiger charge is 2.26. The summed E-state index contributed by atoms with van der Waals surface area (Å²) >= 11 is 0. The molecule has 2 aliphatic rings. The Morgan fingerprint density at radius 2 is 1.55 bits per heavy atom. The Bertz CT molecular complexity index is 586. The number of nitrogens with zero attached hydrogens (tertiary/aromatic N) is 2. The number of imide groups is 1. The molecular formula is C15H14ClN3O3. The van der Waals surface area contributed by atoms with Crippen molar-refractivity contribution in [3.8, 4) is 0 Å². The lowest BCUT2D eigenvalue weighted by Gasteiger charge is -1.92. The highest BCUT2D eigenvalue weighted by atomic mass is 35.5. The number of nitrogens with one attached hydrogen (secondary N) is 1. The van der Waals surface area contributed by atoms with Crippen molar-refractivity contribution >= 4 is 36.7 Å². The van der Waals surface area contributed by atoms with Gasteiger partial charge >= 0.3 is 0 Å². The number of rotatable bonds is 0. The number of ether oxygens (including phenoxy) is 1. The quantitative estimate of drug-likeness (QED) is 0.689. The lowest BCUT2D eigenvalue weighted by atomic mass is 10.1. The molecule has 0 spiro atoms. The van der Waals surface area contributed by atoms with Crippen LogP contribution < -0.4 is 5.32 Å². The van der Waals surface area contributed by atoms with Gasteiger partial charge in [-0.25, -0.2) is 0 Å². The van der Waals surface area contributed by atoms with Gasteiger partial charge in [0, 0.05) is 18.6 Å². The summed E-state index contributed by atoms with van der Waals surface area (Å²) in [7, 11) is 0. The molecule has 0 aliphatic carbocycles. The molecule has 0 unspecified atom stereocenters. The van der Waals surface area contributed by atoms with Crippen molar-refractivity contribution in [1.29, 1.82) is 0 Å². The number of aliphatic imine (C=N–C) groups is 2. The third-order valence-electron chi connectivity index (χ3n) is 2.50. The smallest absolute Gasteiger partial charge is 0.258 e. The number of hydrogen-bond acceptors (Lipinski definition) is 5. The maximum Gasteiger partial charge on any atom is 0.258 e. The van der Waals surface area contributed by atoms with E-state index in [-0.39, 0.29) is 12.4 Å². The van der Waals surface area contributed by atoms with E-state index in [1.54, 1.807) is 24.4 Å². The van der Waals surface area contributed by atoms with Crippen LogP contribution in [0.5, 0.6) is 0 Å². The Balaban J connectivity index is 0.00000242. The molecule has 0 fully saturated rings. The van der Waals surface area contributed by atoms with Crippen LogP contribution in [0.15, 0.2) is 70.2 Å². The minimum absolute atomic E-state index is 0. The summed E-state index contributed by atoms with van der Waals surface area (Å²) in [5.41, 5.74) is 0.588. The van der Waals surface area contributed by atoms with Crippen molar-refractivity contribution in [2.45, 2.75) is 0 Å². The summed E-state index contributed by atoms with van der Waals surface area (Å²) in [4.78, 5) is 31.2. The van der Waals surface area contributed by atoms with Crippen molar-refractivity contribution in [3.63, 3.8) is 0 Å². The molecule has 114 valence electrons. The van der Waals surface area contributed by atoms with Crippen molar-refractivity contribution in [1.82, 2.24) is 5.32 Å². The largest absolute Gasteiger partial charge is 0.495 e. The zero-order chi connectivity index (χ0) is 14.9. The molecule has 0 saturated heterocycles. The first-order valence-corrected chi connectivity index (χ1v) is 6.20. The molecule has 2 aliphatic heterocycles. The molecule has 1 N–H and O–H groups in total. The molecule has 0 bridgehead atoms. The lowest BCUT2D eigenvalue weighted by molar-refractivity contribution is -0.123. The maximum absolute atomic E-state index is 11.7. The van der Waals surface area contributed by atoms with E-state index in [4.69, 9.17) is 4.74 Å². The Labute approximate surface area is 133 Å². The zero-order valence-corrected chi connectivity index (χ0v) is 12.3. The van der Waals surface area contributed by atoms with Crippen LogP contribution in [0.25, 0.3) is 0 Å². The number of carbonyl (C=O) groups is 2. The topological polar surface area (TPSA) is 80.1 Å². The summed E-state index contributed by atoms with van der Waals surface area (Å²) in [5.74, 6) is -0.854. The van der Waals surface area contributed by atoms with Crippen LogP contribution in [0.2, 0.25) is 0 Å². The van der Waals surface area contributed by atoms with Crippen molar-refractivity contribution in [3.05, 3.63) is 60.2 Å². The van der Waals surface area contributed by atoms with E-state index in [9.17, 15) is 9.59 Å². The summed E-state index contributed by atoms with van der Waals surface area (Å²) in [6.07, 6.45) is 15.5. The van der Waals surface area contributed by atoms with Crippen molar-refractivity contribution in [2.24, 2.45) is 9.98 Å². The Morgan fingerprint density at radius 3 is 2.18 bits per heavy atom. The second-order valence-corrected chi connectivity index (χ2v) is 3.93. The summed E-state index contributed by atoms with van der Waals surface area (Å²) < 4.78 is 5.12. The Kier molecular flexibility index (Phi) is 7.28. The lowest BCUT2D eigenvalue weighted by Crippen LogP contribution is -2.22. The molecule has 2 rings (SSSR count). The van der Waals surface area contributed by atoms with Gasteiger partial charge in [-0.3, -0.25) is 24.9 Å². The Hall–Kier alpha value is -2.73. The summed E-state index contributed by atoms with van der Waals surface area (Å²) in [6, 6.07) is 0. The normalized spacial score (nSPS) is 26.7. The van der Waals surface area contributed by atoms with Gasteiger partial charge in [0.1, 0.15) is 12.9 Å². The van der Waals surface area contributed by atoms with Gasteiger partial charge in [0.15, 0.2) is 0 Å². The molecule has 6 nitrogen and oxygen atoms in total. The van der Waals surface area contributed by atoms with Crippen LogP contribution in [0, 0.1) is 0 Å². The minimum Gasteiger partial charge on any atom is -0.495 e. The van der Waals surface area contributed by atoms with Crippen LogP contribution in [-0.2, 0) is 14.3 Å². The predicted molar refractivity (Wildman–Crippen MR) is 86.9 cm³/mol. The van der Waals surface area contributed by atoms with Gasteiger partial charge in [-0.15, -0.1) is 12.4 Å². The average molecular weight is 320 g/mol. The molecule has 22 heavy (non-hydrogen) atoms. The molecule has 2 heterocycles. The average Bonchev–Trinajstić information content (AvgIpc) is 2.72. The monoisotopic (exact) mass is 319 g/mol. The zero-order valence-electron chi connectivity index (χ0n) is 11.5. The fraction of sp³-hybridized carbons (Fsp3) is 0.0667. The van der Waals surface area contributed by atoms with Crippen LogP contribution in [0.1, 0.15) is 0 Å². The summed E-state index contributed by atoms with van der Waals surface area (Å²) in [5, 5.41) is 2.24. The van der Waals surface area contributed by atoms with Crippen LogP contribution in [0.4, 0.5) is 0 Å². The second kappa shape index (κ2) is 9.25. The fourth-order valence-electron chi connectivity index (χ4n) is 1.58. The number of carbonyl (C=O) groups excluding carboxylic acids is 2. The molecule has 0 radical (unpaired) electrons. The predicted octanol–water partition coefficient (Wildman–Crippen LogP) is 1.63.